The number of hydrogen-bond donors (Lipinski definition) is 1. The second-order valence-corrected chi connectivity index (χ2v) is 7.88. The van der Waals surface area contributed by atoms with Gasteiger partial charge in [-0.05, 0) is 6.07 Å². The lowest BCUT2D eigenvalue weighted by molar-refractivity contribution is -0.385. The average molecular weight is 356 g/mol. The third kappa shape index (κ3) is 2.08. The lowest BCUT2D eigenvalue weighted by atomic mass is 9.87. The fourth-order valence-corrected chi connectivity index (χ4v) is 5.04. The van der Waals surface area contributed by atoms with Crippen molar-refractivity contribution in [1.29, 1.82) is 0 Å². The van der Waals surface area contributed by atoms with Crippen molar-refractivity contribution in [3.63, 3.8) is 0 Å². The third-order valence-corrected chi connectivity index (χ3v) is 6.64. The molecular weight excluding hydrogens is 343 g/mol. The molecule has 11 heteroatoms. The van der Waals surface area contributed by atoms with Gasteiger partial charge in [0, 0.05) is 37.6 Å². The summed E-state index contributed by atoms with van der Waals surface area (Å²) in [6.45, 7) is 0. The van der Waals surface area contributed by atoms with E-state index in [4.69, 9.17) is 5.73 Å². The van der Waals surface area contributed by atoms with Gasteiger partial charge in [0.15, 0.2) is 0 Å². The lowest BCUT2D eigenvalue weighted by Crippen LogP contribution is -2.55. The van der Waals surface area contributed by atoms with E-state index in [1.165, 1.54) is 7.05 Å². The Labute approximate surface area is 136 Å². The number of nitro benzene ring substituents is 1. The van der Waals surface area contributed by atoms with Crippen LogP contribution in [0.5, 0.6) is 0 Å². The van der Waals surface area contributed by atoms with Gasteiger partial charge in [-0.2, -0.15) is 0 Å². The number of non-ortho nitro benzene ring substituents is 1. The number of carbonyl (C=O) groups excluding carboxylic acids is 1. The Bertz CT molecular complexity index is 900. The Balaban J connectivity index is 2.33. The van der Waals surface area contributed by atoms with Crippen LogP contribution in [0.2, 0.25) is 0 Å². The number of fused-ring (bicyclic) bond motifs is 1. The summed E-state index contributed by atoms with van der Waals surface area (Å²) in [7, 11) is -2.87. The van der Waals surface area contributed by atoms with Crippen molar-refractivity contribution < 1.29 is 22.5 Å². The van der Waals surface area contributed by atoms with Crippen molar-refractivity contribution in [3.8, 4) is 0 Å². The number of aliphatic imine (C=N–C) groups is 1. The molecule has 0 aromatic heterocycles. The van der Waals surface area contributed by atoms with Crippen molar-refractivity contribution in [2.75, 3.05) is 7.05 Å². The van der Waals surface area contributed by atoms with Crippen LogP contribution in [0.15, 0.2) is 23.2 Å². The van der Waals surface area contributed by atoms with Crippen LogP contribution in [0, 0.1) is 15.9 Å². The summed E-state index contributed by atoms with van der Waals surface area (Å²) in [6.07, 6.45) is -0.741. The second kappa shape index (κ2) is 4.97. The molecule has 128 valence electrons. The first kappa shape index (κ1) is 16.3. The molecular formula is C13H13FN4O5S. The summed E-state index contributed by atoms with van der Waals surface area (Å²) in [6, 6.07) is 2.73. The molecule has 0 saturated heterocycles. The van der Waals surface area contributed by atoms with E-state index in [-0.39, 0.29) is 18.4 Å². The van der Waals surface area contributed by atoms with Gasteiger partial charge < -0.3 is 5.73 Å². The molecule has 9 nitrogen and oxygen atoms in total. The van der Waals surface area contributed by atoms with Crippen LogP contribution in [-0.2, 0) is 20.4 Å². The highest BCUT2D eigenvalue weighted by Crippen LogP contribution is 2.48. The van der Waals surface area contributed by atoms with E-state index in [0.717, 1.165) is 22.5 Å². The highest BCUT2D eigenvalue weighted by molar-refractivity contribution is 7.90. The predicted molar refractivity (Wildman–Crippen MR) is 81.1 cm³/mol. The third-order valence-electron chi connectivity index (χ3n) is 4.42. The zero-order valence-electron chi connectivity index (χ0n) is 12.5. The van der Waals surface area contributed by atoms with Crippen molar-refractivity contribution in [1.82, 2.24) is 4.31 Å². The van der Waals surface area contributed by atoms with E-state index in [9.17, 15) is 27.7 Å². The number of nitrogens with zero attached hydrogens (tertiary/aromatic N) is 3. The maximum Gasteiger partial charge on any atom is 0.270 e. The van der Waals surface area contributed by atoms with Crippen molar-refractivity contribution in [2.45, 2.75) is 23.6 Å². The minimum absolute atomic E-state index is 0.313. The Morgan fingerprint density at radius 1 is 1.50 bits per heavy atom. The zero-order chi connectivity index (χ0) is 17.9. The monoisotopic (exact) mass is 356 g/mol. The molecule has 1 aliphatic carbocycles. The lowest BCUT2D eigenvalue weighted by Gasteiger charge is -2.38. The Hall–Kier alpha value is -2.56. The molecule has 2 atom stereocenters. The molecule has 0 radical (unpaired) electrons. The van der Waals surface area contributed by atoms with E-state index >= 15 is 0 Å². The van der Waals surface area contributed by atoms with E-state index in [2.05, 4.69) is 4.99 Å². The van der Waals surface area contributed by atoms with Crippen molar-refractivity contribution >= 4 is 27.5 Å². The molecule has 3 rings (SSSR count). The van der Waals surface area contributed by atoms with Gasteiger partial charge in [-0.1, -0.05) is 0 Å². The van der Waals surface area contributed by atoms with Gasteiger partial charge in [-0.3, -0.25) is 14.9 Å². The molecule has 1 aromatic rings. The predicted octanol–water partition coefficient (Wildman–Crippen LogP) is 0.251. The number of ketones is 1. The van der Waals surface area contributed by atoms with Crippen molar-refractivity contribution in [2.24, 2.45) is 10.7 Å². The van der Waals surface area contributed by atoms with Crippen LogP contribution in [0.4, 0.5) is 10.1 Å². The maximum atomic E-state index is 14.4. The molecule has 2 aliphatic rings. The molecule has 24 heavy (non-hydrogen) atoms. The summed E-state index contributed by atoms with van der Waals surface area (Å²) >= 11 is 0. The standard InChI is InChI=1S/C13H13FN4O5S/c1-17-12(15)16-13(6-8(19)5-11(13)24(17,22)23)9-4-7(18(20)21)2-3-10(9)14/h2-4,11H,5-6H2,1H3,(H2,15,16). The smallest absolute Gasteiger partial charge is 0.270 e. The van der Waals surface area contributed by atoms with Crippen LogP contribution >= 0.6 is 0 Å². The largest absolute Gasteiger partial charge is 0.369 e. The fourth-order valence-electron chi connectivity index (χ4n) is 3.21. The number of sulfonamides is 1. The molecule has 0 bridgehead atoms. The van der Waals surface area contributed by atoms with E-state index in [0.29, 0.717) is 0 Å². The molecule has 0 spiro atoms. The first-order valence-electron chi connectivity index (χ1n) is 6.89. The first-order chi connectivity index (χ1) is 11.1. The van der Waals surface area contributed by atoms with E-state index in [1.54, 1.807) is 0 Å². The highest BCUT2D eigenvalue weighted by Gasteiger charge is 2.59. The first-order valence-corrected chi connectivity index (χ1v) is 8.39. The number of halogens is 1. The number of hydrogen-bond acceptors (Lipinski definition) is 7. The van der Waals surface area contributed by atoms with Gasteiger partial charge in [-0.15, -0.1) is 0 Å². The summed E-state index contributed by atoms with van der Waals surface area (Å²) in [4.78, 5) is 26.3. The topological polar surface area (TPSA) is 136 Å². The van der Waals surface area contributed by atoms with Gasteiger partial charge in [0.05, 0.1) is 4.92 Å². The minimum atomic E-state index is -4.06. The van der Waals surface area contributed by atoms with E-state index in [1.807, 2.05) is 0 Å². The number of carbonyl (C=O) groups is 1. The molecule has 1 fully saturated rings. The minimum Gasteiger partial charge on any atom is -0.369 e. The van der Waals surface area contributed by atoms with Gasteiger partial charge in [0.2, 0.25) is 16.0 Å². The van der Waals surface area contributed by atoms with E-state index < -0.39 is 49.0 Å². The molecule has 1 aliphatic heterocycles. The molecule has 1 heterocycles. The van der Waals surface area contributed by atoms with Gasteiger partial charge >= 0.3 is 0 Å². The number of nitro groups is 1. The maximum absolute atomic E-state index is 14.4. The number of benzene rings is 1. The van der Waals surface area contributed by atoms with Crippen LogP contribution in [0.1, 0.15) is 18.4 Å². The number of guanidine groups is 1. The Morgan fingerprint density at radius 3 is 2.79 bits per heavy atom. The highest BCUT2D eigenvalue weighted by atomic mass is 32.2. The normalized spacial score (nSPS) is 28.4. The van der Waals surface area contributed by atoms with Crippen molar-refractivity contribution in [3.05, 3.63) is 39.7 Å². The summed E-state index contributed by atoms with van der Waals surface area (Å²) < 4.78 is 40.4. The molecule has 2 N–H and O–H groups in total. The SMILES string of the molecule is CN1C(N)=NC2(c3cc([N+](=O)[O-])ccc3F)CC(=O)CC2S1(=O)=O. The quantitative estimate of drug-likeness (QED) is 0.596. The Kier molecular flexibility index (Phi) is 3.37. The van der Waals surface area contributed by atoms with Gasteiger partial charge in [0.1, 0.15) is 22.4 Å². The summed E-state index contributed by atoms with van der Waals surface area (Å²) in [5.41, 5.74) is 3.13. The molecule has 1 saturated carbocycles. The number of Topliss-reactive ketones (excluding diaryl/α,β-unsaturated/α-hetero) is 1. The van der Waals surface area contributed by atoms with Gasteiger partial charge in [-0.25, -0.2) is 22.1 Å². The number of nitrogens with two attached hydrogens (primary N) is 1. The fraction of sp³-hybridized carbons (Fsp3) is 0.385. The van der Waals surface area contributed by atoms with Crippen LogP contribution in [-0.4, -0.2) is 41.7 Å². The van der Waals surface area contributed by atoms with Crippen LogP contribution in [0.25, 0.3) is 0 Å². The second-order valence-electron chi connectivity index (χ2n) is 5.74. The molecule has 0 amide bonds. The zero-order valence-corrected chi connectivity index (χ0v) is 13.3. The van der Waals surface area contributed by atoms with Crippen LogP contribution in [0.3, 0.4) is 0 Å². The molecule has 1 aromatic carbocycles. The molecule has 2 unspecified atom stereocenters. The average Bonchev–Trinajstić information content (AvgIpc) is 2.84. The van der Waals surface area contributed by atoms with Crippen LogP contribution < -0.4 is 5.73 Å². The summed E-state index contributed by atoms with van der Waals surface area (Å²) in [5.74, 6) is -1.70. The Morgan fingerprint density at radius 2 is 2.17 bits per heavy atom. The summed E-state index contributed by atoms with van der Waals surface area (Å²) in [5, 5.41) is 9.62. The number of rotatable bonds is 2. The van der Waals surface area contributed by atoms with Gasteiger partial charge in [0.25, 0.3) is 5.69 Å².